The number of benzene rings is 2. The van der Waals surface area contributed by atoms with Crippen LogP contribution >= 0.6 is 0 Å². The number of anilines is 1. The van der Waals surface area contributed by atoms with E-state index in [1.54, 1.807) is 18.5 Å². The average Bonchev–Trinajstić information content (AvgIpc) is 3.43. The van der Waals surface area contributed by atoms with Crippen LogP contribution in [-0.2, 0) is 31.1 Å². The maximum atomic E-state index is 14.2. The van der Waals surface area contributed by atoms with Crippen LogP contribution in [0.3, 0.4) is 0 Å². The second-order valence-corrected chi connectivity index (χ2v) is 11.4. The van der Waals surface area contributed by atoms with E-state index in [1.807, 2.05) is 29.8 Å². The SMILES string of the molecule is Cn1cnnc1C(CC1COC1)c1cccc(N2Cc3c(cc(CNC4(C)CCC4)cc3C(F)(F)F)C2=O)c1. The minimum absolute atomic E-state index is 0.0352. The van der Waals surface area contributed by atoms with E-state index in [9.17, 15) is 18.0 Å². The van der Waals surface area contributed by atoms with Gasteiger partial charge < -0.3 is 19.5 Å². The van der Waals surface area contributed by atoms with Crippen molar-refractivity contribution in [3.05, 3.63) is 76.4 Å². The number of hydrogen-bond donors (Lipinski definition) is 1. The number of nitrogens with zero attached hydrogens (tertiary/aromatic N) is 4. The second-order valence-electron chi connectivity index (χ2n) is 11.4. The van der Waals surface area contributed by atoms with Crippen LogP contribution in [0.15, 0.2) is 42.7 Å². The molecule has 3 aromatic rings. The molecule has 2 aromatic carbocycles. The summed E-state index contributed by atoms with van der Waals surface area (Å²) < 4.78 is 49.8. The molecule has 10 heteroatoms. The summed E-state index contributed by atoms with van der Waals surface area (Å²) in [6.45, 7) is 3.62. The summed E-state index contributed by atoms with van der Waals surface area (Å²) in [5.74, 6) is 0.693. The molecule has 1 atom stereocenters. The summed E-state index contributed by atoms with van der Waals surface area (Å²) in [7, 11) is 1.89. The van der Waals surface area contributed by atoms with Gasteiger partial charge in [0, 0.05) is 42.2 Å². The Balaban J connectivity index is 1.31. The lowest BCUT2D eigenvalue weighted by molar-refractivity contribution is -0.138. The molecular weight excluding hydrogens is 507 g/mol. The molecule has 1 saturated heterocycles. The minimum atomic E-state index is -4.56. The fourth-order valence-electron chi connectivity index (χ4n) is 5.89. The first-order chi connectivity index (χ1) is 18.6. The molecule has 3 heterocycles. The minimum Gasteiger partial charge on any atom is -0.381 e. The molecule has 6 rings (SSSR count). The molecule has 1 amide bonds. The molecule has 1 unspecified atom stereocenters. The lowest BCUT2D eigenvalue weighted by atomic mass is 9.78. The lowest BCUT2D eigenvalue weighted by Crippen LogP contribution is -2.47. The van der Waals surface area contributed by atoms with E-state index in [4.69, 9.17) is 4.74 Å². The number of rotatable bonds is 8. The van der Waals surface area contributed by atoms with Crippen LogP contribution in [0.4, 0.5) is 18.9 Å². The van der Waals surface area contributed by atoms with Crippen molar-refractivity contribution in [2.24, 2.45) is 13.0 Å². The van der Waals surface area contributed by atoms with Crippen LogP contribution in [0.1, 0.15) is 77.0 Å². The maximum absolute atomic E-state index is 14.2. The normalized spacial score (nSPS) is 19.5. The van der Waals surface area contributed by atoms with Crippen molar-refractivity contribution in [1.29, 1.82) is 0 Å². The van der Waals surface area contributed by atoms with Gasteiger partial charge in [-0.2, -0.15) is 13.2 Å². The molecule has 0 spiro atoms. The van der Waals surface area contributed by atoms with Crippen LogP contribution in [0.2, 0.25) is 0 Å². The van der Waals surface area contributed by atoms with Gasteiger partial charge in [0.25, 0.3) is 5.91 Å². The summed E-state index contributed by atoms with van der Waals surface area (Å²) in [6.07, 6.45) is 1.00. The number of carbonyl (C=O) groups excluding carboxylic acids is 1. The third-order valence-electron chi connectivity index (χ3n) is 8.50. The number of ether oxygens (including phenoxy) is 1. The summed E-state index contributed by atoms with van der Waals surface area (Å²) in [4.78, 5) is 15.0. The van der Waals surface area contributed by atoms with Crippen LogP contribution in [0, 0.1) is 5.92 Å². The van der Waals surface area contributed by atoms with Gasteiger partial charge in [-0.15, -0.1) is 10.2 Å². The van der Waals surface area contributed by atoms with Gasteiger partial charge in [-0.3, -0.25) is 4.79 Å². The van der Waals surface area contributed by atoms with Crippen molar-refractivity contribution in [3.63, 3.8) is 0 Å². The second kappa shape index (κ2) is 9.75. The predicted molar refractivity (Wildman–Crippen MR) is 139 cm³/mol. The summed E-state index contributed by atoms with van der Waals surface area (Å²) in [5.41, 5.74) is 1.36. The molecule has 1 saturated carbocycles. The third kappa shape index (κ3) is 4.96. The van der Waals surface area contributed by atoms with E-state index in [0.29, 0.717) is 36.9 Å². The van der Waals surface area contributed by atoms with E-state index in [1.165, 1.54) is 11.0 Å². The zero-order valence-corrected chi connectivity index (χ0v) is 22.1. The first kappa shape index (κ1) is 26.0. The van der Waals surface area contributed by atoms with Gasteiger partial charge in [-0.05, 0) is 73.6 Å². The molecule has 1 N–H and O–H groups in total. The Bertz CT molecular complexity index is 1390. The predicted octanol–water partition coefficient (Wildman–Crippen LogP) is 5.19. The number of halogens is 3. The van der Waals surface area contributed by atoms with Crippen LogP contribution in [0.25, 0.3) is 0 Å². The Hall–Kier alpha value is -3.24. The molecule has 1 aromatic heterocycles. The van der Waals surface area contributed by atoms with Gasteiger partial charge in [-0.25, -0.2) is 0 Å². The highest BCUT2D eigenvalue weighted by molar-refractivity contribution is 6.10. The highest BCUT2D eigenvalue weighted by atomic mass is 19.4. The third-order valence-corrected chi connectivity index (χ3v) is 8.50. The Morgan fingerprint density at radius 3 is 2.62 bits per heavy atom. The molecule has 2 fully saturated rings. The molecule has 2 aliphatic heterocycles. The molecule has 206 valence electrons. The number of nitrogens with one attached hydrogen (secondary N) is 1. The average molecular weight is 540 g/mol. The number of aromatic nitrogens is 3. The van der Waals surface area contributed by atoms with Gasteiger partial charge in [0.1, 0.15) is 12.2 Å². The van der Waals surface area contributed by atoms with E-state index in [0.717, 1.165) is 37.1 Å². The fourth-order valence-corrected chi connectivity index (χ4v) is 5.89. The van der Waals surface area contributed by atoms with E-state index in [-0.39, 0.29) is 29.1 Å². The summed E-state index contributed by atoms with van der Waals surface area (Å²) >= 11 is 0. The Morgan fingerprint density at radius 2 is 2.00 bits per heavy atom. The molecule has 0 bridgehead atoms. The van der Waals surface area contributed by atoms with Crippen molar-refractivity contribution in [1.82, 2.24) is 20.1 Å². The van der Waals surface area contributed by atoms with E-state index in [2.05, 4.69) is 22.4 Å². The van der Waals surface area contributed by atoms with Crippen LogP contribution in [0.5, 0.6) is 0 Å². The zero-order chi connectivity index (χ0) is 27.4. The molecule has 7 nitrogen and oxygen atoms in total. The van der Waals surface area contributed by atoms with Crippen molar-refractivity contribution in [2.75, 3.05) is 18.1 Å². The van der Waals surface area contributed by atoms with Crippen molar-refractivity contribution in [3.8, 4) is 0 Å². The number of alkyl halides is 3. The zero-order valence-electron chi connectivity index (χ0n) is 22.1. The number of amides is 1. The number of fused-ring (bicyclic) bond motifs is 1. The lowest BCUT2D eigenvalue weighted by Gasteiger charge is -2.39. The Kier molecular flexibility index (Phi) is 6.50. The fraction of sp³-hybridized carbons (Fsp3) is 0.483. The highest BCUT2D eigenvalue weighted by Gasteiger charge is 2.41. The standard InChI is InChI=1S/C29H32F3N5O2/c1-28(7-4-8-28)33-13-18-9-23-24(25(11-18)29(30,31)32)14-37(27(23)38)21-6-3-5-20(12-21)22(10-19-15-39-16-19)26-35-34-17-36(26)2/h3,5-6,9,11-12,17,19,22,33H,4,7-8,10,13-16H2,1-2H3. The topological polar surface area (TPSA) is 72.3 Å². The van der Waals surface area contributed by atoms with E-state index < -0.39 is 17.6 Å². The number of carbonyl (C=O) groups is 1. The van der Waals surface area contributed by atoms with Gasteiger partial charge in [0.2, 0.25) is 0 Å². The van der Waals surface area contributed by atoms with Crippen molar-refractivity contribution >= 4 is 11.6 Å². The molecule has 1 aliphatic carbocycles. The van der Waals surface area contributed by atoms with Gasteiger partial charge in [-0.1, -0.05) is 12.1 Å². The smallest absolute Gasteiger partial charge is 0.381 e. The monoisotopic (exact) mass is 539 g/mol. The highest BCUT2D eigenvalue weighted by Crippen LogP contribution is 2.41. The summed E-state index contributed by atoms with van der Waals surface area (Å²) in [6, 6.07) is 10.3. The summed E-state index contributed by atoms with van der Waals surface area (Å²) in [5, 5.41) is 11.8. The van der Waals surface area contributed by atoms with Gasteiger partial charge in [0.15, 0.2) is 0 Å². The number of hydrogen-bond acceptors (Lipinski definition) is 5. The number of aryl methyl sites for hydroxylation is 1. The molecule has 39 heavy (non-hydrogen) atoms. The van der Waals surface area contributed by atoms with E-state index >= 15 is 0 Å². The first-order valence-corrected chi connectivity index (χ1v) is 13.4. The first-order valence-electron chi connectivity index (χ1n) is 13.4. The Labute approximate surface area is 225 Å². The van der Waals surface area contributed by atoms with Gasteiger partial charge >= 0.3 is 6.18 Å². The Morgan fingerprint density at radius 1 is 1.21 bits per heavy atom. The van der Waals surface area contributed by atoms with Crippen LogP contribution in [-0.4, -0.2) is 39.4 Å². The maximum Gasteiger partial charge on any atom is 0.416 e. The van der Waals surface area contributed by atoms with Crippen molar-refractivity contribution in [2.45, 2.75) is 63.3 Å². The van der Waals surface area contributed by atoms with Gasteiger partial charge in [0.05, 0.1) is 25.3 Å². The van der Waals surface area contributed by atoms with Crippen molar-refractivity contribution < 1.29 is 22.7 Å². The van der Waals surface area contributed by atoms with Crippen LogP contribution < -0.4 is 10.2 Å². The molecular formula is C29H32F3N5O2. The largest absolute Gasteiger partial charge is 0.416 e. The quantitative estimate of drug-likeness (QED) is 0.426. The molecule has 0 radical (unpaired) electrons. The molecule has 3 aliphatic rings.